The molecule has 0 unspecified atom stereocenters. The normalized spacial score (nSPS) is 11.2. The highest BCUT2D eigenvalue weighted by molar-refractivity contribution is 7.92. The van der Waals surface area contributed by atoms with E-state index in [2.05, 4.69) is 10.0 Å². The van der Waals surface area contributed by atoms with E-state index in [1.54, 1.807) is 0 Å². The maximum Gasteiger partial charge on any atom is 0.261 e. The molecule has 0 aromatic heterocycles. The first kappa shape index (κ1) is 21.4. The number of aryl methyl sites for hydroxylation is 1. The number of nitrogens with one attached hydrogen (secondary N) is 2. The summed E-state index contributed by atoms with van der Waals surface area (Å²) in [7, 11) is -4.07. The molecule has 0 aliphatic rings. The molecule has 0 atom stereocenters. The number of benzene rings is 3. The van der Waals surface area contributed by atoms with Crippen LogP contribution in [0.4, 0.5) is 18.9 Å². The van der Waals surface area contributed by atoms with E-state index in [4.69, 9.17) is 0 Å². The van der Waals surface area contributed by atoms with E-state index < -0.39 is 33.4 Å². The summed E-state index contributed by atoms with van der Waals surface area (Å²) in [4.78, 5) is 12.1. The fourth-order valence-electron chi connectivity index (χ4n) is 2.64. The lowest BCUT2D eigenvalue weighted by Crippen LogP contribution is -2.23. The molecule has 30 heavy (non-hydrogen) atoms. The van der Waals surface area contributed by atoms with Crippen LogP contribution < -0.4 is 10.0 Å². The molecule has 3 aromatic carbocycles. The highest BCUT2D eigenvalue weighted by Gasteiger charge is 2.17. The standard InChI is InChI=1S/C21H17F3N2O3S/c1-13-5-7-18(11-20(13)24)30(28,29)26-17-4-2-3-14(10-17)21(27)25-12-15-9-16(22)6-8-19(15)23/h2-11,26H,12H2,1H3,(H,25,27). The first-order valence-electron chi connectivity index (χ1n) is 8.77. The molecule has 0 fully saturated rings. The van der Waals surface area contributed by atoms with Gasteiger partial charge in [0.1, 0.15) is 17.5 Å². The third-order valence-electron chi connectivity index (χ3n) is 4.28. The van der Waals surface area contributed by atoms with E-state index in [1.165, 1.54) is 43.3 Å². The maximum absolute atomic E-state index is 13.7. The summed E-state index contributed by atoms with van der Waals surface area (Å²) in [5, 5.41) is 2.45. The van der Waals surface area contributed by atoms with Crippen molar-refractivity contribution in [2.75, 3.05) is 4.72 Å². The Hall–Kier alpha value is -3.33. The Morgan fingerprint density at radius 2 is 1.70 bits per heavy atom. The van der Waals surface area contributed by atoms with Gasteiger partial charge in [-0.15, -0.1) is 0 Å². The second-order valence-corrected chi connectivity index (χ2v) is 8.20. The second-order valence-electron chi connectivity index (χ2n) is 6.52. The number of rotatable bonds is 6. The first-order valence-corrected chi connectivity index (χ1v) is 10.3. The minimum atomic E-state index is -4.07. The number of hydrogen-bond donors (Lipinski definition) is 2. The van der Waals surface area contributed by atoms with Crippen LogP contribution in [0.1, 0.15) is 21.5 Å². The third kappa shape index (κ3) is 4.98. The summed E-state index contributed by atoms with van der Waals surface area (Å²) in [5.74, 6) is -2.56. The number of anilines is 1. The Bertz CT molecular complexity index is 1210. The molecule has 0 aliphatic heterocycles. The number of sulfonamides is 1. The van der Waals surface area contributed by atoms with E-state index in [-0.39, 0.29) is 28.3 Å². The molecule has 0 saturated carbocycles. The molecule has 156 valence electrons. The molecule has 0 spiro atoms. The average Bonchev–Trinajstić information content (AvgIpc) is 2.70. The van der Waals surface area contributed by atoms with Gasteiger partial charge in [-0.2, -0.15) is 0 Å². The Kier molecular flexibility index (Phi) is 6.12. The fourth-order valence-corrected chi connectivity index (χ4v) is 3.70. The largest absolute Gasteiger partial charge is 0.348 e. The van der Waals surface area contributed by atoms with Gasteiger partial charge in [0.05, 0.1) is 4.90 Å². The lowest BCUT2D eigenvalue weighted by atomic mass is 10.1. The summed E-state index contributed by atoms with van der Waals surface area (Å²) in [6, 6.07) is 12.0. The molecule has 0 bridgehead atoms. The number of carbonyl (C=O) groups is 1. The Morgan fingerprint density at radius 3 is 2.43 bits per heavy atom. The van der Waals surface area contributed by atoms with E-state index in [0.717, 1.165) is 24.3 Å². The average molecular weight is 434 g/mol. The Balaban J connectivity index is 1.74. The van der Waals surface area contributed by atoms with Crippen LogP contribution in [0.15, 0.2) is 65.6 Å². The van der Waals surface area contributed by atoms with Gasteiger partial charge in [0, 0.05) is 23.4 Å². The molecule has 3 aromatic rings. The zero-order chi connectivity index (χ0) is 21.9. The molecule has 0 saturated heterocycles. The molecule has 5 nitrogen and oxygen atoms in total. The van der Waals surface area contributed by atoms with Crippen LogP contribution >= 0.6 is 0 Å². The number of amides is 1. The van der Waals surface area contributed by atoms with E-state index in [9.17, 15) is 26.4 Å². The number of carbonyl (C=O) groups excluding carboxylic acids is 1. The molecule has 3 rings (SSSR count). The van der Waals surface area contributed by atoms with Crippen molar-refractivity contribution in [3.05, 3.63) is 94.8 Å². The van der Waals surface area contributed by atoms with Crippen LogP contribution in [0.2, 0.25) is 0 Å². The van der Waals surface area contributed by atoms with Crippen LogP contribution in [0, 0.1) is 24.4 Å². The SMILES string of the molecule is Cc1ccc(S(=O)(=O)Nc2cccc(C(=O)NCc3cc(F)ccc3F)c2)cc1F. The van der Waals surface area contributed by atoms with Gasteiger partial charge in [0.15, 0.2) is 0 Å². The monoisotopic (exact) mass is 434 g/mol. The van der Waals surface area contributed by atoms with Crippen molar-refractivity contribution in [2.45, 2.75) is 18.4 Å². The quantitative estimate of drug-likeness (QED) is 0.612. The van der Waals surface area contributed by atoms with Crippen LogP contribution in [0.25, 0.3) is 0 Å². The van der Waals surface area contributed by atoms with Crippen LogP contribution in [0.3, 0.4) is 0 Å². The van der Waals surface area contributed by atoms with Crippen molar-refractivity contribution < 1.29 is 26.4 Å². The zero-order valence-corrected chi connectivity index (χ0v) is 16.6. The van der Waals surface area contributed by atoms with Gasteiger partial charge in [-0.1, -0.05) is 12.1 Å². The first-order chi connectivity index (χ1) is 14.2. The smallest absolute Gasteiger partial charge is 0.261 e. The highest BCUT2D eigenvalue weighted by Crippen LogP contribution is 2.19. The van der Waals surface area contributed by atoms with Crippen LogP contribution in [-0.2, 0) is 16.6 Å². The number of halogens is 3. The van der Waals surface area contributed by atoms with Crippen molar-refractivity contribution in [2.24, 2.45) is 0 Å². The predicted octanol–water partition coefficient (Wildman–Crippen LogP) is 4.14. The van der Waals surface area contributed by atoms with E-state index in [1.807, 2.05) is 0 Å². The molecule has 0 heterocycles. The summed E-state index contributed by atoms with van der Waals surface area (Å²) in [6.07, 6.45) is 0. The summed E-state index contributed by atoms with van der Waals surface area (Å²) >= 11 is 0. The highest BCUT2D eigenvalue weighted by atomic mass is 32.2. The molecule has 2 N–H and O–H groups in total. The summed E-state index contributed by atoms with van der Waals surface area (Å²) in [6.45, 7) is 1.26. The Labute approximate surface area is 171 Å². The minimum absolute atomic E-state index is 0.0263. The van der Waals surface area contributed by atoms with E-state index in [0.29, 0.717) is 5.56 Å². The summed E-state index contributed by atoms with van der Waals surface area (Å²) < 4.78 is 67.8. The van der Waals surface area contributed by atoms with Crippen LogP contribution in [-0.4, -0.2) is 14.3 Å². The van der Waals surface area contributed by atoms with Gasteiger partial charge in [0.2, 0.25) is 0 Å². The minimum Gasteiger partial charge on any atom is -0.348 e. The molecular weight excluding hydrogens is 417 g/mol. The second kappa shape index (κ2) is 8.58. The number of hydrogen-bond acceptors (Lipinski definition) is 3. The van der Waals surface area contributed by atoms with Gasteiger partial charge >= 0.3 is 0 Å². The zero-order valence-electron chi connectivity index (χ0n) is 15.7. The van der Waals surface area contributed by atoms with Crippen molar-refractivity contribution in [1.29, 1.82) is 0 Å². The third-order valence-corrected chi connectivity index (χ3v) is 5.66. The topological polar surface area (TPSA) is 75.3 Å². The molecule has 0 aliphatic carbocycles. The molecular formula is C21H17F3N2O3S. The lowest BCUT2D eigenvalue weighted by Gasteiger charge is -2.11. The van der Waals surface area contributed by atoms with Gasteiger partial charge < -0.3 is 5.32 Å². The maximum atomic E-state index is 13.7. The van der Waals surface area contributed by atoms with Crippen molar-refractivity contribution in [3.8, 4) is 0 Å². The molecule has 0 radical (unpaired) electrons. The van der Waals surface area contributed by atoms with Crippen molar-refractivity contribution in [1.82, 2.24) is 5.32 Å². The molecule has 9 heteroatoms. The fraction of sp³-hybridized carbons (Fsp3) is 0.0952. The van der Waals surface area contributed by atoms with Gasteiger partial charge in [-0.25, -0.2) is 21.6 Å². The van der Waals surface area contributed by atoms with Crippen LogP contribution in [0.5, 0.6) is 0 Å². The Morgan fingerprint density at radius 1 is 0.933 bits per heavy atom. The summed E-state index contributed by atoms with van der Waals surface area (Å²) in [5.41, 5.74) is 0.464. The van der Waals surface area contributed by atoms with E-state index >= 15 is 0 Å². The van der Waals surface area contributed by atoms with Gasteiger partial charge in [-0.05, 0) is 61.0 Å². The molecule has 1 amide bonds. The lowest BCUT2D eigenvalue weighted by molar-refractivity contribution is 0.0950. The van der Waals surface area contributed by atoms with Crippen molar-refractivity contribution >= 4 is 21.6 Å². The van der Waals surface area contributed by atoms with Gasteiger partial charge in [0.25, 0.3) is 15.9 Å². The predicted molar refractivity (Wildman–Crippen MR) is 106 cm³/mol. The van der Waals surface area contributed by atoms with Crippen molar-refractivity contribution in [3.63, 3.8) is 0 Å². The van der Waals surface area contributed by atoms with Gasteiger partial charge in [-0.3, -0.25) is 9.52 Å².